The molecule has 7 heterocycles. The van der Waals surface area contributed by atoms with Crippen molar-refractivity contribution in [3.8, 4) is 0 Å². The number of hydrogen-bond acceptors (Lipinski definition) is 11. The number of nitrogens with zero attached hydrogens (tertiary/aromatic N) is 7. The van der Waals surface area contributed by atoms with Crippen molar-refractivity contribution in [3.05, 3.63) is 359 Å². The summed E-state index contributed by atoms with van der Waals surface area (Å²) in [6, 6.07) is 80.2. The highest BCUT2D eigenvalue weighted by molar-refractivity contribution is 5.98. The molecule has 18 rings (SSSR count). The molecule has 15 aromatic rings. The number of H-pyrrole nitrogens is 2. The van der Waals surface area contributed by atoms with Crippen molar-refractivity contribution in [1.29, 1.82) is 0 Å². The molecule has 0 saturated heterocycles. The lowest BCUT2D eigenvalue weighted by Gasteiger charge is -2.15. The summed E-state index contributed by atoms with van der Waals surface area (Å²) in [5.41, 5.74) is 11.1. The zero-order valence-corrected chi connectivity index (χ0v) is 83.7. The highest BCUT2D eigenvalue weighted by Gasteiger charge is 2.09. The Labute approximate surface area is 778 Å². The second-order valence-electron chi connectivity index (χ2n) is 37.2. The maximum atomic E-state index is 11.1. The average molecular weight is 1740 g/mol. The molecule has 13 nitrogen and oxygen atoms in total. The van der Waals surface area contributed by atoms with Gasteiger partial charge in [0.05, 0.1) is 40.7 Å². The van der Waals surface area contributed by atoms with Gasteiger partial charge in [-0.3, -0.25) is 24.4 Å². The van der Waals surface area contributed by atoms with Gasteiger partial charge in [-0.2, -0.15) is 10.2 Å². The predicted molar refractivity (Wildman–Crippen MR) is 563 cm³/mol. The van der Waals surface area contributed by atoms with Gasteiger partial charge in [-0.1, -0.05) is 387 Å². The fourth-order valence-electron chi connectivity index (χ4n) is 10.4. The van der Waals surface area contributed by atoms with Gasteiger partial charge in [0.1, 0.15) is 6.33 Å². The number of pyridine rings is 3. The predicted octanol–water partition coefficient (Wildman–Crippen LogP) is 30.9. The van der Waals surface area contributed by atoms with E-state index in [0.29, 0.717) is 11.8 Å². The molecular weight excluding hydrogens is 1580 g/mol. The van der Waals surface area contributed by atoms with E-state index in [0.717, 1.165) is 115 Å². The minimum absolute atomic E-state index is 0.0249. The second-order valence-corrected chi connectivity index (χ2v) is 37.2. The Balaban J connectivity index is 0.000000694. The lowest BCUT2D eigenvalue weighted by Crippen LogP contribution is -2.23. The van der Waals surface area contributed by atoms with Crippen LogP contribution in [-0.2, 0) is 37.0 Å². The van der Waals surface area contributed by atoms with E-state index in [9.17, 15) is 14.4 Å². The van der Waals surface area contributed by atoms with Gasteiger partial charge in [-0.25, -0.2) is 15.0 Å². The van der Waals surface area contributed by atoms with Crippen LogP contribution in [0.1, 0.15) is 233 Å². The molecular formula is C116H160N10O3. The van der Waals surface area contributed by atoms with Crippen LogP contribution in [0.2, 0.25) is 0 Å². The fraction of sp³-hybridized carbons (Fsp3) is 0.379. The fourth-order valence-corrected chi connectivity index (χ4v) is 10.4. The first kappa shape index (κ1) is 115. The molecule has 0 saturated carbocycles. The number of para-hydroxylation sites is 3. The molecule has 0 spiro atoms. The molecule has 692 valence electrons. The number of hydrogen-bond donors (Lipinski definition) is 3. The van der Waals surface area contributed by atoms with Crippen molar-refractivity contribution in [1.82, 2.24) is 50.4 Å². The summed E-state index contributed by atoms with van der Waals surface area (Å²) in [7, 11) is 0. The number of carbonyl (C=O) groups is 1. The first-order valence-corrected chi connectivity index (χ1v) is 46.5. The molecule has 6 aromatic heterocycles. The normalized spacial score (nSPS) is 11.1. The van der Waals surface area contributed by atoms with Gasteiger partial charge in [0.2, 0.25) is 0 Å². The molecule has 0 fully saturated rings. The third-order valence-electron chi connectivity index (χ3n) is 15.3. The third-order valence-corrected chi connectivity index (χ3v) is 15.3. The monoisotopic (exact) mass is 1740 g/mol. The van der Waals surface area contributed by atoms with Gasteiger partial charge >= 0.3 is 0 Å². The van der Waals surface area contributed by atoms with E-state index in [1.807, 2.05) is 195 Å². The van der Waals surface area contributed by atoms with Crippen molar-refractivity contribution in [2.45, 2.75) is 232 Å². The van der Waals surface area contributed by atoms with Crippen LogP contribution in [0.3, 0.4) is 0 Å². The van der Waals surface area contributed by atoms with Gasteiger partial charge in [-0.15, -0.1) is 0 Å². The quantitative estimate of drug-likeness (QED) is 0.131. The molecule has 13 heteroatoms. The summed E-state index contributed by atoms with van der Waals surface area (Å²) in [5.74, 6) is 7.70. The molecule has 0 atom stereocenters. The maximum absolute atomic E-state index is 11.1. The highest BCUT2D eigenvalue weighted by atomic mass is 16.1. The van der Waals surface area contributed by atoms with Gasteiger partial charge in [0, 0.05) is 70.9 Å². The van der Waals surface area contributed by atoms with Crippen LogP contribution in [0.4, 0.5) is 0 Å². The number of fused-ring (bicyclic) bond motifs is 9. The van der Waals surface area contributed by atoms with Crippen LogP contribution in [0.5, 0.6) is 0 Å². The summed E-state index contributed by atoms with van der Waals surface area (Å²) in [4.78, 5) is 58.4. The van der Waals surface area contributed by atoms with Crippen molar-refractivity contribution >= 4 is 76.9 Å². The molecule has 0 unspecified atom stereocenters. The van der Waals surface area contributed by atoms with E-state index < -0.39 is 0 Å². The average Bonchev–Trinajstić information content (AvgIpc) is 0.847. The lowest BCUT2D eigenvalue weighted by molar-refractivity contribution is -0.114. The first-order chi connectivity index (χ1) is 61.5. The summed E-state index contributed by atoms with van der Waals surface area (Å²) < 4.78 is 0. The van der Waals surface area contributed by atoms with Gasteiger partial charge in [-0.05, 0) is 196 Å². The zero-order chi connectivity index (χ0) is 96.1. The number of nitrogens with one attached hydrogen (secondary N) is 3. The second kappa shape index (κ2) is 71.2. The minimum atomic E-state index is -0.0874. The Morgan fingerprint density at radius 2 is 0.651 bits per heavy atom. The standard InChI is InChI=1S/C10H8O.C10H12.C9H7NO.C9H7N.C9H11N.C9H7N.C8H6N2O.2C8H6N2.9C4H10/c11-10-6-5-8-3-1-2-4-9(8)7-10;1-2-6-10-8-4-3-7-9(10)5-1;11-9-8-4-2-1-3-7(8)5-6-10-9;1-2-6-9-8(4-1)5-3-7-10-9;2*1-2-4-9-7-10-6-5-8(9)3-1;11-8-6-3-1-2-4-7(6)9-5-10-8;1-2-4-8-7(3-1)5-9-6-10-8;1-2-4-8-6-10-9-5-7(8)3-1;9*1-4(2)3/h1-6H,7H2;1-2,5-6H,3-4,7-8H2;1-6H,(H,10,11);1-7H;1-4,10H,5-7H2;1-7H;1-5H,(H,9,10,11);2*1-6H;9*4H,1-3H3. The summed E-state index contributed by atoms with van der Waals surface area (Å²) >= 11 is 0. The van der Waals surface area contributed by atoms with Crippen LogP contribution in [-0.4, -0.2) is 57.4 Å². The van der Waals surface area contributed by atoms with Gasteiger partial charge in [0.25, 0.3) is 11.1 Å². The van der Waals surface area contributed by atoms with Crippen molar-refractivity contribution in [3.63, 3.8) is 0 Å². The van der Waals surface area contributed by atoms with Crippen LogP contribution in [0.25, 0.3) is 71.1 Å². The van der Waals surface area contributed by atoms with Gasteiger partial charge < -0.3 is 15.3 Å². The SMILES string of the molecule is CC(C)C.CC(C)C.CC(C)C.CC(C)C.CC(C)C.CC(C)C.CC(C)C.CC(C)C.CC(C)C.O=C1C=Cc2ccccc2C1.O=c1[nH]ccc2ccccc12.O=c1[nH]cnc2ccccc12.c1ccc2c(c1)CCCC2.c1ccc2c(c1)CCNC2.c1ccc2cnccc2c1.c1ccc2cnncc2c1.c1ccc2ncccc2c1.c1ccc2ncncc2c1. The van der Waals surface area contributed by atoms with Crippen LogP contribution < -0.4 is 16.4 Å². The first-order valence-electron chi connectivity index (χ1n) is 46.5. The van der Waals surface area contributed by atoms with E-state index >= 15 is 0 Å². The summed E-state index contributed by atoms with van der Waals surface area (Å²) in [6.45, 7) is 60.7. The van der Waals surface area contributed by atoms with E-state index in [2.05, 4.69) is 310 Å². The molecule has 9 aromatic carbocycles. The molecule has 3 aliphatic rings. The smallest absolute Gasteiger partial charge is 0.258 e. The molecule has 1 aliphatic heterocycles. The molecule has 3 N–H and O–H groups in total. The van der Waals surface area contributed by atoms with E-state index in [4.69, 9.17) is 0 Å². The number of aromatic amines is 2. The van der Waals surface area contributed by atoms with E-state index in [-0.39, 0.29) is 16.9 Å². The van der Waals surface area contributed by atoms with Crippen LogP contribution in [0.15, 0.2) is 314 Å². The molecule has 0 radical (unpaired) electrons. The number of aryl methyl sites for hydroxylation is 2. The summed E-state index contributed by atoms with van der Waals surface area (Å²) in [6.07, 6.45) is 26.1. The molecule has 129 heavy (non-hydrogen) atoms. The van der Waals surface area contributed by atoms with E-state index in [1.54, 1.807) is 48.2 Å². The number of rotatable bonds is 0. The Kier molecular flexibility index (Phi) is 63.6. The number of carbonyl (C=O) groups excluding carboxylic acids is 1. The Morgan fingerprint density at radius 1 is 0.279 bits per heavy atom. The largest absolute Gasteiger partial charge is 0.329 e. The molecule has 0 bridgehead atoms. The lowest BCUT2D eigenvalue weighted by atomic mass is 9.92. The zero-order valence-electron chi connectivity index (χ0n) is 83.7. The number of allylic oxidation sites excluding steroid dienone is 1. The van der Waals surface area contributed by atoms with Crippen molar-refractivity contribution < 1.29 is 4.79 Å². The number of aromatic nitrogens is 9. The van der Waals surface area contributed by atoms with Crippen molar-refractivity contribution in [2.75, 3.05) is 6.54 Å². The molecule has 0 amide bonds. The summed E-state index contributed by atoms with van der Waals surface area (Å²) in [5, 5.41) is 20.2. The third kappa shape index (κ3) is 60.6. The van der Waals surface area contributed by atoms with Crippen molar-refractivity contribution in [2.24, 2.45) is 53.3 Å². The van der Waals surface area contributed by atoms with Gasteiger partial charge in [0.15, 0.2) is 5.78 Å². The maximum Gasteiger partial charge on any atom is 0.258 e. The number of benzene rings is 9. The Morgan fingerprint density at radius 3 is 1.12 bits per heavy atom. The van der Waals surface area contributed by atoms with Crippen LogP contribution >= 0.6 is 0 Å². The number of ketones is 1. The minimum Gasteiger partial charge on any atom is -0.329 e. The highest BCUT2D eigenvalue weighted by Crippen LogP contribution is 2.21. The topological polar surface area (TPSA) is 185 Å². The van der Waals surface area contributed by atoms with E-state index in [1.165, 1.54) is 71.3 Å². The Bertz CT molecular complexity index is 4660. The Hall–Kier alpha value is -11.8. The van der Waals surface area contributed by atoms with Crippen LogP contribution in [0, 0.1) is 53.3 Å². The molecule has 2 aliphatic carbocycles.